The minimum atomic E-state index is -0.813. The lowest BCUT2D eigenvalue weighted by atomic mass is 10.0. The summed E-state index contributed by atoms with van der Waals surface area (Å²) in [6, 6.07) is 4.41. The largest absolute Gasteiger partial charge is 0.481 e. The molecule has 24 heavy (non-hydrogen) atoms. The van der Waals surface area contributed by atoms with Gasteiger partial charge in [-0.25, -0.2) is 9.37 Å². The second-order valence-electron chi connectivity index (χ2n) is 6.28. The lowest BCUT2D eigenvalue weighted by Crippen LogP contribution is -2.30. The number of nitrogens with one attached hydrogen (secondary N) is 2. The molecule has 3 N–H and O–H groups in total. The Bertz CT molecular complexity index is 759. The van der Waals surface area contributed by atoms with Gasteiger partial charge in [0, 0.05) is 18.9 Å². The van der Waals surface area contributed by atoms with Crippen molar-refractivity contribution < 1.29 is 19.1 Å². The Morgan fingerprint density at radius 2 is 2.12 bits per heavy atom. The van der Waals surface area contributed by atoms with Crippen molar-refractivity contribution in [1.29, 1.82) is 0 Å². The number of carboxylic acids is 1. The highest BCUT2D eigenvalue weighted by atomic mass is 19.1. The van der Waals surface area contributed by atoms with Crippen LogP contribution in [0, 0.1) is 17.7 Å². The number of amides is 1. The molecule has 0 aliphatic heterocycles. The number of aromatic amines is 1. The van der Waals surface area contributed by atoms with Crippen LogP contribution in [0.4, 0.5) is 4.39 Å². The summed E-state index contributed by atoms with van der Waals surface area (Å²) in [4.78, 5) is 30.4. The fourth-order valence-corrected chi connectivity index (χ4v) is 3.21. The molecule has 6 nitrogen and oxygen atoms in total. The van der Waals surface area contributed by atoms with Gasteiger partial charge in [-0.2, -0.15) is 0 Å². The molecule has 0 spiro atoms. The Kier molecular flexibility index (Phi) is 4.78. The Hall–Kier alpha value is -2.44. The number of carbonyl (C=O) groups is 2. The van der Waals surface area contributed by atoms with Crippen LogP contribution in [-0.4, -0.2) is 33.5 Å². The molecule has 0 radical (unpaired) electrons. The minimum Gasteiger partial charge on any atom is -0.481 e. The van der Waals surface area contributed by atoms with Crippen LogP contribution in [0.25, 0.3) is 11.0 Å². The maximum absolute atomic E-state index is 13.1. The predicted octanol–water partition coefficient (Wildman–Crippen LogP) is 2.25. The molecule has 1 aromatic heterocycles. The molecule has 1 aliphatic rings. The summed E-state index contributed by atoms with van der Waals surface area (Å²) >= 11 is 0. The van der Waals surface area contributed by atoms with E-state index in [1.54, 1.807) is 6.07 Å². The summed E-state index contributed by atoms with van der Waals surface area (Å²) in [5.74, 6) is -1.01. The summed E-state index contributed by atoms with van der Waals surface area (Å²) in [7, 11) is 0. The van der Waals surface area contributed by atoms with Gasteiger partial charge in [0.2, 0.25) is 5.91 Å². The van der Waals surface area contributed by atoms with E-state index >= 15 is 0 Å². The van der Waals surface area contributed by atoms with Crippen molar-refractivity contribution in [2.75, 3.05) is 6.54 Å². The van der Waals surface area contributed by atoms with E-state index in [-0.39, 0.29) is 17.6 Å². The van der Waals surface area contributed by atoms with Gasteiger partial charge in [-0.05, 0) is 43.9 Å². The minimum absolute atomic E-state index is 0.0644. The van der Waals surface area contributed by atoms with Crippen molar-refractivity contribution in [2.24, 2.45) is 11.8 Å². The first-order valence-corrected chi connectivity index (χ1v) is 8.17. The Morgan fingerprint density at radius 1 is 1.33 bits per heavy atom. The molecule has 1 fully saturated rings. The van der Waals surface area contributed by atoms with Crippen LogP contribution in [0.3, 0.4) is 0 Å². The molecule has 0 saturated heterocycles. The van der Waals surface area contributed by atoms with Crippen LogP contribution in [0.2, 0.25) is 0 Å². The van der Waals surface area contributed by atoms with Gasteiger partial charge in [-0.1, -0.05) is 0 Å². The molecule has 2 aromatic rings. The predicted molar refractivity (Wildman–Crippen MR) is 85.8 cm³/mol. The summed E-state index contributed by atoms with van der Waals surface area (Å²) in [5, 5.41) is 11.8. The van der Waals surface area contributed by atoms with Crippen molar-refractivity contribution in [3.8, 4) is 0 Å². The van der Waals surface area contributed by atoms with Gasteiger partial charge in [0.25, 0.3) is 0 Å². The summed E-state index contributed by atoms with van der Waals surface area (Å²) < 4.78 is 13.1. The lowest BCUT2D eigenvalue weighted by Gasteiger charge is -2.10. The van der Waals surface area contributed by atoms with Crippen LogP contribution in [0.15, 0.2) is 18.2 Å². The van der Waals surface area contributed by atoms with E-state index in [1.807, 2.05) is 0 Å². The molecule has 7 heteroatoms. The monoisotopic (exact) mass is 333 g/mol. The van der Waals surface area contributed by atoms with Gasteiger partial charge in [0.05, 0.1) is 17.0 Å². The standard InChI is InChI=1S/C17H20FN3O3/c18-12-5-6-13-14(9-12)21-15(20-13)2-1-7-19-16(22)10-3-4-11(8-10)17(23)24/h5-6,9-11H,1-4,7-8H2,(H,19,22)(H,20,21)(H,23,24)/t10-,11+/m0/s1. The summed E-state index contributed by atoms with van der Waals surface area (Å²) in [6.45, 7) is 0.512. The zero-order valence-electron chi connectivity index (χ0n) is 13.2. The van der Waals surface area contributed by atoms with Crippen LogP contribution >= 0.6 is 0 Å². The third-order valence-electron chi connectivity index (χ3n) is 4.54. The molecular weight excluding hydrogens is 313 g/mol. The van der Waals surface area contributed by atoms with E-state index < -0.39 is 11.9 Å². The highest BCUT2D eigenvalue weighted by Gasteiger charge is 2.33. The van der Waals surface area contributed by atoms with Crippen LogP contribution in [0.1, 0.15) is 31.5 Å². The Labute approximate surface area is 138 Å². The van der Waals surface area contributed by atoms with Crippen LogP contribution in [-0.2, 0) is 16.0 Å². The van der Waals surface area contributed by atoms with Crippen molar-refractivity contribution in [2.45, 2.75) is 32.1 Å². The molecular formula is C17H20FN3O3. The highest BCUT2D eigenvalue weighted by Crippen LogP contribution is 2.31. The number of rotatable bonds is 6. The zero-order valence-corrected chi connectivity index (χ0v) is 13.2. The molecule has 1 amide bonds. The number of imidazole rings is 1. The van der Waals surface area contributed by atoms with Gasteiger partial charge < -0.3 is 15.4 Å². The van der Waals surface area contributed by atoms with Crippen LogP contribution in [0.5, 0.6) is 0 Å². The molecule has 1 heterocycles. The van der Waals surface area contributed by atoms with Crippen molar-refractivity contribution >= 4 is 22.9 Å². The Morgan fingerprint density at radius 3 is 2.88 bits per heavy atom. The van der Waals surface area contributed by atoms with Crippen molar-refractivity contribution in [3.63, 3.8) is 0 Å². The first-order valence-electron chi connectivity index (χ1n) is 8.17. The number of aliphatic carboxylic acids is 1. The highest BCUT2D eigenvalue weighted by molar-refractivity contribution is 5.80. The van der Waals surface area contributed by atoms with E-state index in [0.29, 0.717) is 44.2 Å². The topological polar surface area (TPSA) is 95.1 Å². The summed E-state index contributed by atoms with van der Waals surface area (Å²) in [5.41, 5.74) is 1.39. The van der Waals surface area contributed by atoms with Gasteiger partial charge >= 0.3 is 5.97 Å². The number of benzene rings is 1. The SMILES string of the molecule is O=C(O)[C@@H]1CC[C@H](C(=O)NCCCc2nc3ccc(F)cc3[nH]2)C1. The molecule has 1 aliphatic carbocycles. The average Bonchev–Trinajstić information content (AvgIpc) is 3.17. The molecule has 1 saturated carbocycles. The maximum Gasteiger partial charge on any atom is 0.306 e. The fourth-order valence-electron chi connectivity index (χ4n) is 3.21. The number of halogens is 1. The molecule has 0 bridgehead atoms. The molecule has 3 rings (SSSR count). The van der Waals surface area contributed by atoms with Crippen molar-refractivity contribution in [1.82, 2.24) is 15.3 Å². The van der Waals surface area contributed by atoms with E-state index in [9.17, 15) is 14.0 Å². The third kappa shape index (κ3) is 3.72. The van der Waals surface area contributed by atoms with Crippen LogP contribution < -0.4 is 5.32 Å². The number of fused-ring (bicyclic) bond motifs is 1. The second kappa shape index (κ2) is 6.98. The van der Waals surface area contributed by atoms with E-state index in [4.69, 9.17) is 5.11 Å². The molecule has 0 unspecified atom stereocenters. The second-order valence-corrected chi connectivity index (χ2v) is 6.28. The molecule has 128 valence electrons. The quantitative estimate of drug-likeness (QED) is 0.707. The van der Waals surface area contributed by atoms with E-state index in [1.165, 1.54) is 12.1 Å². The van der Waals surface area contributed by atoms with E-state index in [0.717, 1.165) is 11.3 Å². The van der Waals surface area contributed by atoms with Gasteiger partial charge in [-0.3, -0.25) is 9.59 Å². The smallest absolute Gasteiger partial charge is 0.306 e. The third-order valence-corrected chi connectivity index (χ3v) is 4.54. The zero-order chi connectivity index (χ0) is 17.1. The number of carbonyl (C=O) groups excluding carboxylic acids is 1. The number of carboxylic acid groups (broad SMARTS) is 1. The number of nitrogens with zero attached hydrogens (tertiary/aromatic N) is 1. The Balaban J connectivity index is 1.43. The summed E-state index contributed by atoms with van der Waals surface area (Å²) in [6.07, 6.45) is 3.00. The normalized spacial score (nSPS) is 20.4. The number of hydrogen-bond donors (Lipinski definition) is 3. The molecule has 1 aromatic carbocycles. The van der Waals surface area contributed by atoms with E-state index in [2.05, 4.69) is 15.3 Å². The average molecular weight is 333 g/mol. The van der Waals surface area contributed by atoms with Gasteiger partial charge in [0.15, 0.2) is 0 Å². The number of aryl methyl sites for hydroxylation is 1. The number of H-pyrrole nitrogens is 1. The first kappa shape index (κ1) is 16.4. The number of aromatic nitrogens is 2. The van der Waals surface area contributed by atoms with Gasteiger partial charge in [-0.15, -0.1) is 0 Å². The maximum atomic E-state index is 13.1. The fraction of sp³-hybridized carbons (Fsp3) is 0.471. The first-order chi connectivity index (χ1) is 11.5. The van der Waals surface area contributed by atoms with Crippen molar-refractivity contribution in [3.05, 3.63) is 29.8 Å². The number of hydrogen-bond acceptors (Lipinski definition) is 3. The van der Waals surface area contributed by atoms with Gasteiger partial charge in [0.1, 0.15) is 11.6 Å². The lowest BCUT2D eigenvalue weighted by molar-refractivity contribution is -0.141. The molecule has 2 atom stereocenters.